The van der Waals surface area contributed by atoms with Crippen LogP contribution in [0, 0.1) is 0 Å². The van der Waals surface area contributed by atoms with Gasteiger partial charge in [-0.15, -0.1) is 0 Å². The molecule has 1 aromatic rings. The summed E-state index contributed by atoms with van der Waals surface area (Å²) in [6.45, 7) is 0. The molecule has 4 heteroatoms. The highest BCUT2D eigenvalue weighted by molar-refractivity contribution is 6.00. The van der Waals surface area contributed by atoms with E-state index in [4.69, 9.17) is 9.47 Å². The predicted molar refractivity (Wildman–Crippen MR) is 76.5 cm³/mol. The van der Waals surface area contributed by atoms with Crippen LogP contribution in [-0.4, -0.2) is 25.7 Å². The normalized spacial score (nSPS) is 20.2. The van der Waals surface area contributed by atoms with Crippen LogP contribution in [-0.2, 0) is 6.42 Å². The lowest BCUT2D eigenvalue weighted by atomic mass is 9.74. The van der Waals surface area contributed by atoms with E-state index >= 15 is 0 Å². The highest BCUT2D eigenvalue weighted by atomic mass is 16.5. The Morgan fingerprint density at radius 2 is 1.85 bits per heavy atom. The second kappa shape index (κ2) is 5.00. The zero-order chi connectivity index (χ0) is 14.2. The molecule has 3 rings (SSSR count). The molecule has 1 aliphatic carbocycles. The molecule has 0 aromatic heterocycles. The number of methoxy groups -OCH3 is 2. The van der Waals surface area contributed by atoms with Crippen molar-refractivity contribution < 1.29 is 14.3 Å². The number of amides is 1. The molecule has 1 heterocycles. The second-order valence-electron chi connectivity index (χ2n) is 5.84. The summed E-state index contributed by atoms with van der Waals surface area (Å²) in [6.07, 6.45) is 6.66. The number of carbonyl (C=O) groups excluding carboxylic acids is 1. The van der Waals surface area contributed by atoms with Crippen LogP contribution in [0.4, 0.5) is 0 Å². The smallest absolute Gasteiger partial charge is 0.255 e. The topological polar surface area (TPSA) is 47.6 Å². The molecular weight excluding hydrogens is 254 g/mol. The van der Waals surface area contributed by atoms with E-state index < -0.39 is 0 Å². The van der Waals surface area contributed by atoms with E-state index in [0.29, 0.717) is 11.3 Å². The molecule has 1 fully saturated rings. The van der Waals surface area contributed by atoms with Crippen molar-refractivity contribution >= 4 is 5.91 Å². The van der Waals surface area contributed by atoms with Crippen molar-refractivity contribution in [1.29, 1.82) is 0 Å². The van der Waals surface area contributed by atoms with E-state index in [1.807, 2.05) is 6.07 Å². The van der Waals surface area contributed by atoms with Crippen molar-refractivity contribution in [2.75, 3.05) is 14.2 Å². The van der Waals surface area contributed by atoms with Gasteiger partial charge < -0.3 is 14.8 Å². The average molecular weight is 275 g/mol. The number of hydrogen-bond acceptors (Lipinski definition) is 3. The van der Waals surface area contributed by atoms with Crippen LogP contribution in [0.5, 0.6) is 11.5 Å². The number of fused-ring (bicyclic) bond motifs is 1. The first kappa shape index (κ1) is 13.3. The van der Waals surface area contributed by atoms with Crippen molar-refractivity contribution in [2.24, 2.45) is 0 Å². The maximum atomic E-state index is 12.5. The first-order valence-corrected chi connectivity index (χ1v) is 7.25. The molecule has 4 nitrogen and oxygen atoms in total. The number of benzene rings is 1. The summed E-state index contributed by atoms with van der Waals surface area (Å²) >= 11 is 0. The van der Waals surface area contributed by atoms with E-state index in [9.17, 15) is 4.79 Å². The molecule has 20 heavy (non-hydrogen) atoms. The van der Waals surface area contributed by atoms with Gasteiger partial charge in [0.1, 0.15) is 11.5 Å². The summed E-state index contributed by atoms with van der Waals surface area (Å²) in [5.74, 6) is 1.34. The van der Waals surface area contributed by atoms with Gasteiger partial charge in [0.05, 0.1) is 19.8 Å². The molecule has 1 spiro atoms. The summed E-state index contributed by atoms with van der Waals surface area (Å²) in [7, 11) is 3.23. The van der Waals surface area contributed by atoms with E-state index in [0.717, 1.165) is 30.6 Å². The number of nitrogens with one attached hydrogen (secondary N) is 1. The van der Waals surface area contributed by atoms with Gasteiger partial charge >= 0.3 is 0 Å². The van der Waals surface area contributed by atoms with Crippen LogP contribution < -0.4 is 14.8 Å². The molecular formula is C16H21NO3. The van der Waals surface area contributed by atoms with E-state index in [1.54, 1.807) is 20.3 Å². The SMILES string of the molecule is COc1cc2c(c(OC)c1)C(=O)NC1(CCCCC1)C2. The Hall–Kier alpha value is -1.71. The molecule has 0 radical (unpaired) electrons. The largest absolute Gasteiger partial charge is 0.497 e. The molecule has 2 aliphatic rings. The average Bonchev–Trinajstić information content (AvgIpc) is 2.46. The van der Waals surface area contributed by atoms with E-state index in [-0.39, 0.29) is 11.4 Å². The van der Waals surface area contributed by atoms with Crippen molar-refractivity contribution in [3.8, 4) is 11.5 Å². The molecule has 1 aliphatic heterocycles. The van der Waals surface area contributed by atoms with Gasteiger partial charge in [0, 0.05) is 11.6 Å². The molecule has 0 atom stereocenters. The molecule has 1 aromatic carbocycles. The Morgan fingerprint density at radius 1 is 1.10 bits per heavy atom. The molecule has 108 valence electrons. The third kappa shape index (κ3) is 2.13. The molecule has 0 bridgehead atoms. The summed E-state index contributed by atoms with van der Waals surface area (Å²) in [5, 5.41) is 3.24. The van der Waals surface area contributed by atoms with E-state index in [1.165, 1.54) is 19.3 Å². The lowest BCUT2D eigenvalue weighted by Gasteiger charge is -2.42. The first-order chi connectivity index (χ1) is 9.67. The van der Waals surface area contributed by atoms with Gasteiger partial charge in [-0.2, -0.15) is 0 Å². The summed E-state index contributed by atoms with van der Waals surface area (Å²) in [4.78, 5) is 12.5. The first-order valence-electron chi connectivity index (χ1n) is 7.25. The van der Waals surface area contributed by atoms with Gasteiger partial charge in [-0.3, -0.25) is 4.79 Å². The van der Waals surface area contributed by atoms with Gasteiger partial charge in [-0.25, -0.2) is 0 Å². The van der Waals surface area contributed by atoms with Gasteiger partial charge in [-0.1, -0.05) is 19.3 Å². The van der Waals surface area contributed by atoms with Crippen LogP contribution in [0.15, 0.2) is 12.1 Å². The molecule has 0 saturated heterocycles. The maximum Gasteiger partial charge on any atom is 0.255 e. The Morgan fingerprint density at radius 3 is 2.50 bits per heavy atom. The number of ether oxygens (including phenoxy) is 2. The van der Waals surface area contributed by atoms with Crippen molar-refractivity contribution in [3.63, 3.8) is 0 Å². The fraction of sp³-hybridized carbons (Fsp3) is 0.562. The van der Waals surface area contributed by atoms with Crippen LogP contribution >= 0.6 is 0 Å². The van der Waals surface area contributed by atoms with Gasteiger partial charge in [0.2, 0.25) is 0 Å². The zero-order valence-corrected chi connectivity index (χ0v) is 12.1. The van der Waals surface area contributed by atoms with Crippen molar-refractivity contribution in [2.45, 2.75) is 44.1 Å². The lowest BCUT2D eigenvalue weighted by Crippen LogP contribution is -2.54. The Kier molecular flexibility index (Phi) is 3.32. The summed E-state index contributed by atoms with van der Waals surface area (Å²) in [6, 6.07) is 3.75. The quantitative estimate of drug-likeness (QED) is 0.902. The Balaban J connectivity index is 2.04. The van der Waals surface area contributed by atoms with Gasteiger partial charge in [0.25, 0.3) is 5.91 Å². The Labute approximate surface area is 119 Å². The third-order valence-electron chi connectivity index (χ3n) is 4.56. The lowest BCUT2D eigenvalue weighted by molar-refractivity contribution is 0.0840. The predicted octanol–water partition coefficient (Wildman–Crippen LogP) is 2.69. The van der Waals surface area contributed by atoms with Gasteiger partial charge in [0.15, 0.2) is 0 Å². The van der Waals surface area contributed by atoms with Crippen molar-refractivity contribution in [1.82, 2.24) is 5.32 Å². The van der Waals surface area contributed by atoms with Crippen LogP contribution in [0.1, 0.15) is 48.0 Å². The Bertz CT molecular complexity index is 533. The number of carbonyl (C=O) groups is 1. The minimum atomic E-state index is -0.0558. The van der Waals surface area contributed by atoms with Crippen molar-refractivity contribution in [3.05, 3.63) is 23.3 Å². The third-order valence-corrected chi connectivity index (χ3v) is 4.56. The summed E-state index contributed by atoms with van der Waals surface area (Å²) in [5.41, 5.74) is 1.66. The monoisotopic (exact) mass is 275 g/mol. The number of hydrogen-bond donors (Lipinski definition) is 1. The molecule has 1 amide bonds. The number of rotatable bonds is 2. The second-order valence-corrected chi connectivity index (χ2v) is 5.84. The summed E-state index contributed by atoms with van der Waals surface area (Å²) < 4.78 is 10.7. The minimum absolute atomic E-state index is 0.00680. The fourth-order valence-electron chi connectivity index (χ4n) is 3.56. The standard InChI is InChI=1S/C16H21NO3/c1-19-12-8-11-10-16(6-4-3-5-7-16)17-15(18)14(11)13(9-12)20-2/h8-9H,3-7,10H2,1-2H3,(H,17,18). The molecule has 1 saturated carbocycles. The highest BCUT2D eigenvalue weighted by Crippen LogP contribution is 2.39. The minimum Gasteiger partial charge on any atom is -0.497 e. The van der Waals surface area contributed by atoms with E-state index in [2.05, 4.69) is 5.32 Å². The molecule has 1 N–H and O–H groups in total. The van der Waals surface area contributed by atoms with Crippen LogP contribution in [0.25, 0.3) is 0 Å². The highest BCUT2D eigenvalue weighted by Gasteiger charge is 2.40. The van der Waals surface area contributed by atoms with Crippen LogP contribution in [0.2, 0.25) is 0 Å². The maximum absolute atomic E-state index is 12.5. The van der Waals surface area contributed by atoms with Crippen LogP contribution in [0.3, 0.4) is 0 Å². The van der Waals surface area contributed by atoms with Gasteiger partial charge in [-0.05, 0) is 30.9 Å². The zero-order valence-electron chi connectivity index (χ0n) is 12.1. The fourth-order valence-corrected chi connectivity index (χ4v) is 3.56. The molecule has 0 unspecified atom stereocenters.